The molecule has 0 radical (unpaired) electrons. The summed E-state index contributed by atoms with van der Waals surface area (Å²) < 4.78 is 3.29. The first-order valence-corrected chi connectivity index (χ1v) is 7.90. The summed E-state index contributed by atoms with van der Waals surface area (Å²) in [4.78, 5) is 25.3. The van der Waals surface area contributed by atoms with E-state index in [9.17, 15) is 4.79 Å². The third-order valence-electron chi connectivity index (χ3n) is 2.74. The average molecular weight is 305 g/mol. The zero-order valence-electron chi connectivity index (χ0n) is 10.7. The maximum atomic E-state index is 12.4. The van der Waals surface area contributed by atoms with Crippen molar-refractivity contribution in [3.05, 3.63) is 40.8 Å². The van der Waals surface area contributed by atoms with Gasteiger partial charge in [-0.05, 0) is 6.26 Å². The normalized spacial score (nSPS) is 11.1. The molecule has 0 atom stereocenters. The summed E-state index contributed by atoms with van der Waals surface area (Å²) in [5.74, 6) is 0. The van der Waals surface area contributed by atoms with Gasteiger partial charge in [-0.3, -0.25) is 4.79 Å². The lowest BCUT2D eigenvalue weighted by atomic mass is 10.4. The molecule has 8 heteroatoms. The molecule has 3 aromatic heterocycles. The molecule has 0 aromatic carbocycles. The Morgan fingerprint density at radius 1 is 1.50 bits per heavy atom. The number of rotatable bonds is 4. The Kier molecular flexibility index (Phi) is 3.41. The summed E-state index contributed by atoms with van der Waals surface area (Å²) >= 11 is 2.88. The van der Waals surface area contributed by atoms with E-state index < -0.39 is 0 Å². The standard InChI is InChI=1S/C12H11N5OS2/c1-3-5-16-10(18)8-7-14-11(19-2)15-9(8)17(16)12-13-4-6-20-12/h3-4,6-7H,1,5H2,2H3. The highest BCUT2D eigenvalue weighted by Gasteiger charge is 2.17. The molecule has 6 nitrogen and oxygen atoms in total. The Morgan fingerprint density at radius 3 is 3.00 bits per heavy atom. The molecule has 0 fully saturated rings. The van der Waals surface area contributed by atoms with E-state index in [1.165, 1.54) is 23.1 Å². The Balaban J connectivity index is 2.41. The van der Waals surface area contributed by atoms with Gasteiger partial charge >= 0.3 is 0 Å². The third-order valence-corrected chi connectivity index (χ3v) is 4.05. The van der Waals surface area contributed by atoms with Crippen LogP contribution in [0.2, 0.25) is 0 Å². The van der Waals surface area contributed by atoms with Gasteiger partial charge in [-0.15, -0.1) is 17.9 Å². The maximum Gasteiger partial charge on any atom is 0.278 e. The fourth-order valence-electron chi connectivity index (χ4n) is 1.91. The summed E-state index contributed by atoms with van der Waals surface area (Å²) in [6.45, 7) is 4.09. The summed E-state index contributed by atoms with van der Waals surface area (Å²) in [5, 5.41) is 3.67. The number of hydrogen-bond acceptors (Lipinski definition) is 6. The van der Waals surface area contributed by atoms with Crippen molar-refractivity contribution >= 4 is 34.1 Å². The van der Waals surface area contributed by atoms with Crippen molar-refractivity contribution < 1.29 is 0 Å². The summed E-state index contributed by atoms with van der Waals surface area (Å²) in [7, 11) is 0. The molecule has 0 aliphatic heterocycles. The van der Waals surface area contributed by atoms with Crippen molar-refractivity contribution in [3.63, 3.8) is 0 Å². The monoisotopic (exact) mass is 305 g/mol. The second kappa shape index (κ2) is 5.22. The summed E-state index contributed by atoms with van der Waals surface area (Å²) in [5.41, 5.74) is 0.439. The van der Waals surface area contributed by atoms with E-state index >= 15 is 0 Å². The van der Waals surface area contributed by atoms with Gasteiger partial charge in [-0.25, -0.2) is 24.3 Å². The number of thiazole rings is 1. The Labute approximate surface area is 122 Å². The van der Waals surface area contributed by atoms with Gasteiger partial charge in [0.05, 0.1) is 6.54 Å². The van der Waals surface area contributed by atoms with E-state index in [1.807, 2.05) is 11.6 Å². The number of nitrogens with zero attached hydrogens (tertiary/aromatic N) is 5. The molecule has 20 heavy (non-hydrogen) atoms. The number of fused-ring (bicyclic) bond motifs is 1. The van der Waals surface area contributed by atoms with Crippen LogP contribution in [-0.2, 0) is 6.54 Å². The molecule has 102 valence electrons. The second-order valence-electron chi connectivity index (χ2n) is 3.90. The van der Waals surface area contributed by atoms with Crippen LogP contribution in [0.1, 0.15) is 0 Å². The molecule has 0 aliphatic rings. The number of aromatic nitrogens is 5. The zero-order valence-corrected chi connectivity index (χ0v) is 12.3. The zero-order chi connectivity index (χ0) is 14.1. The van der Waals surface area contributed by atoms with Crippen LogP contribution in [0.3, 0.4) is 0 Å². The smallest absolute Gasteiger partial charge is 0.267 e. The summed E-state index contributed by atoms with van der Waals surface area (Å²) in [6, 6.07) is 0. The quantitative estimate of drug-likeness (QED) is 0.419. The van der Waals surface area contributed by atoms with Gasteiger partial charge in [0.1, 0.15) is 5.39 Å². The van der Waals surface area contributed by atoms with E-state index in [0.29, 0.717) is 27.9 Å². The lowest BCUT2D eigenvalue weighted by Crippen LogP contribution is -2.21. The largest absolute Gasteiger partial charge is 0.278 e. The van der Waals surface area contributed by atoms with E-state index in [2.05, 4.69) is 21.5 Å². The molecule has 3 aromatic rings. The molecule has 0 amide bonds. The molecule has 0 aliphatic carbocycles. The fraction of sp³-hybridized carbons (Fsp3) is 0.167. The van der Waals surface area contributed by atoms with Gasteiger partial charge < -0.3 is 0 Å². The number of hydrogen-bond donors (Lipinski definition) is 0. The van der Waals surface area contributed by atoms with Gasteiger partial charge in [0.15, 0.2) is 10.8 Å². The second-order valence-corrected chi connectivity index (χ2v) is 5.54. The van der Waals surface area contributed by atoms with Crippen molar-refractivity contribution in [1.29, 1.82) is 0 Å². The van der Waals surface area contributed by atoms with Crippen LogP contribution in [0.15, 0.2) is 40.4 Å². The van der Waals surface area contributed by atoms with E-state index in [0.717, 1.165) is 0 Å². The molecule has 0 saturated heterocycles. The van der Waals surface area contributed by atoms with Gasteiger partial charge in [-0.2, -0.15) is 0 Å². The predicted molar refractivity (Wildman–Crippen MR) is 80.8 cm³/mol. The van der Waals surface area contributed by atoms with E-state index in [4.69, 9.17) is 0 Å². The molecule has 3 heterocycles. The lowest BCUT2D eigenvalue weighted by Gasteiger charge is -2.06. The number of thioether (sulfide) groups is 1. The molecule has 3 rings (SSSR count). The highest BCUT2D eigenvalue weighted by molar-refractivity contribution is 7.98. The topological polar surface area (TPSA) is 65.6 Å². The van der Waals surface area contributed by atoms with Gasteiger partial charge in [0.2, 0.25) is 5.13 Å². The van der Waals surface area contributed by atoms with Crippen LogP contribution >= 0.6 is 23.1 Å². The molecule has 0 saturated carbocycles. The van der Waals surface area contributed by atoms with E-state index in [1.54, 1.807) is 27.8 Å². The predicted octanol–water partition coefficient (Wildman–Crippen LogP) is 1.95. The van der Waals surface area contributed by atoms with Crippen LogP contribution in [-0.4, -0.2) is 30.6 Å². The van der Waals surface area contributed by atoms with Gasteiger partial charge in [0, 0.05) is 17.8 Å². The van der Waals surface area contributed by atoms with Crippen molar-refractivity contribution in [2.75, 3.05) is 6.26 Å². The molecule has 0 spiro atoms. The Hall–Kier alpha value is -1.93. The molecule has 0 bridgehead atoms. The van der Waals surface area contributed by atoms with Crippen LogP contribution < -0.4 is 5.56 Å². The van der Waals surface area contributed by atoms with Crippen LogP contribution in [0, 0.1) is 0 Å². The van der Waals surface area contributed by atoms with Gasteiger partial charge in [-0.1, -0.05) is 17.8 Å². The first kappa shape index (κ1) is 13.1. The molecular formula is C12H11N5OS2. The molecule has 0 N–H and O–H groups in total. The maximum absolute atomic E-state index is 12.4. The minimum atomic E-state index is -0.136. The first-order chi connectivity index (χ1) is 9.76. The minimum Gasteiger partial charge on any atom is -0.267 e. The minimum absolute atomic E-state index is 0.136. The van der Waals surface area contributed by atoms with Crippen LogP contribution in [0.4, 0.5) is 0 Å². The lowest BCUT2D eigenvalue weighted by molar-refractivity contribution is 0.603. The highest BCUT2D eigenvalue weighted by Crippen LogP contribution is 2.19. The number of allylic oxidation sites excluding steroid dienone is 1. The summed E-state index contributed by atoms with van der Waals surface area (Å²) in [6.07, 6.45) is 6.84. The fourth-order valence-corrected chi connectivity index (χ4v) is 2.90. The Morgan fingerprint density at radius 2 is 2.35 bits per heavy atom. The molecular weight excluding hydrogens is 294 g/mol. The molecule has 0 unspecified atom stereocenters. The van der Waals surface area contributed by atoms with E-state index in [-0.39, 0.29) is 5.56 Å². The van der Waals surface area contributed by atoms with Crippen molar-refractivity contribution in [2.45, 2.75) is 11.7 Å². The van der Waals surface area contributed by atoms with Crippen LogP contribution in [0.5, 0.6) is 0 Å². The van der Waals surface area contributed by atoms with Gasteiger partial charge in [0.25, 0.3) is 5.56 Å². The van der Waals surface area contributed by atoms with Crippen molar-refractivity contribution in [1.82, 2.24) is 24.3 Å². The average Bonchev–Trinajstić information content (AvgIpc) is 3.07. The van der Waals surface area contributed by atoms with Crippen molar-refractivity contribution in [2.24, 2.45) is 0 Å². The third kappa shape index (κ3) is 1.97. The Bertz CT molecular complexity index is 818. The SMILES string of the molecule is C=CCn1c(=O)c2cnc(SC)nc2n1-c1nccs1. The van der Waals surface area contributed by atoms with Crippen LogP contribution in [0.25, 0.3) is 16.2 Å². The highest BCUT2D eigenvalue weighted by atomic mass is 32.2. The van der Waals surface area contributed by atoms with Crippen molar-refractivity contribution in [3.8, 4) is 5.13 Å². The first-order valence-electron chi connectivity index (χ1n) is 5.79.